The zero-order valence-electron chi connectivity index (χ0n) is 14.0. The number of benzene rings is 1. The van der Waals surface area contributed by atoms with Gasteiger partial charge in [0.25, 0.3) is 0 Å². The molecule has 6 nitrogen and oxygen atoms in total. The maximum atomic E-state index is 14.4. The van der Waals surface area contributed by atoms with Crippen LogP contribution in [-0.4, -0.2) is 37.3 Å². The lowest BCUT2D eigenvalue weighted by atomic mass is 10.00. The monoisotopic (exact) mass is 413 g/mol. The normalized spacial score (nSPS) is 19.8. The predicted molar refractivity (Wildman–Crippen MR) is 98.1 cm³/mol. The first kappa shape index (κ1) is 22.1. The second-order valence-electron chi connectivity index (χ2n) is 5.98. The summed E-state index contributed by atoms with van der Waals surface area (Å²) < 4.78 is 41.5. The molecule has 2 rings (SSSR count). The summed E-state index contributed by atoms with van der Waals surface area (Å²) in [5, 5.41) is 2.32. The van der Waals surface area contributed by atoms with Gasteiger partial charge in [-0.2, -0.15) is 4.31 Å². The fourth-order valence-corrected chi connectivity index (χ4v) is 5.02. The lowest BCUT2D eigenvalue weighted by Gasteiger charge is -2.37. The molecule has 0 aliphatic carbocycles. The number of amides is 1. The highest BCUT2D eigenvalue weighted by molar-refractivity contribution is 7.89. The largest absolute Gasteiger partial charge is 0.326 e. The molecular weight excluding hydrogens is 392 g/mol. The molecule has 1 aliphatic heterocycles. The summed E-state index contributed by atoms with van der Waals surface area (Å²) in [5.74, 6) is -1.39. The fourth-order valence-electron chi connectivity index (χ4n) is 2.89. The summed E-state index contributed by atoms with van der Waals surface area (Å²) in [6.07, 6.45) is 2.21. The third-order valence-corrected chi connectivity index (χ3v) is 6.28. The van der Waals surface area contributed by atoms with Gasteiger partial charge < -0.3 is 11.1 Å². The van der Waals surface area contributed by atoms with Gasteiger partial charge in [0.05, 0.1) is 10.7 Å². The Morgan fingerprint density at radius 3 is 2.64 bits per heavy atom. The van der Waals surface area contributed by atoms with Crippen LogP contribution < -0.4 is 11.1 Å². The molecule has 142 valence electrons. The minimum absolute atomic E-state index is 0. The summed E-state index contributed by atoms with van der Waals surface area (Å²) in [5.41, 5.74) is 5.94. The Kier molecular flexibility index (Phi) is 7.64. The van der Waals surface area contributed by atoms with Gasteiger partial charge in [0, 0.05) is 31.6 Å². The molecular formula is C15H22Cl2FN3O3S. The molecule has 10 heteroatoms. The smallest absolute Gasteiger partial charge is 0.246 e. The van der Waals surface area contributed by atoms with E-state index in [2.05, 4.69) is 5.32 Å². The number of hydrogen-bond donors (Lipinski definition) is 2. The van der Waals surface area contributed by atoms with E-state index in [9.17, 15) is 17.6 Å². The molecule has 1 amide bonds. The average molecular weight is 414 g/mol. The highest BCUT2D eigenvalue weighted by Gasteiger charge is 2.37. The minimum atomic E-state index is -4.07. The van der Waals surface area contributed by atoms with Gasteiger partial charge in [-0.1, -0.05) is 18.0 Å². The van der Waals surface area contributed by atoms with Crippen molar-refractivity contribution in [3.63, 3.8) is 0 Å². The molecule has 1 aromatic rings. The van der Waals surface area contributed by atoms with E-state index in [1.165, 1.54) is 11.2 Å². The standard InChI is InChI=1S/C15H21ClFN3O3S.ClH/c1-9(18)14-5-3-4-6-20(14)24(22,23)15-7-11(16)13(8-12(15)17)19-10(2)21;/h7-9,14H,3-6,18H2,1-2H3,(H,19,21);1H. The van der Waals surface area contributed by atoms with Crippen LogP contribution in [0.25, 0.3) is 0 Å². The fraction of sp³-hybridized carbons (Fsp3) is 0.533. The van der Waals surface area contributed by atoms with E-state index in [4.69, 9.17) is 17.3 Å². The number of anilines is 1. The SMILES string of the molecule is CC(=O)Nc1cc(F)c(S(=O)(=O)N2CCCCC2C(C)N)cc1Cl.Cl. The second-order valence-corrected chi connectivity index (χ2v) is 8.25. The van der Waals surface area contributed by atoms with E-state index < -0.39 is 26.6 Å². The Bertz CT molecular complexity index is 744. The molecule has 1 fully saturated rings. The van der Waals surface area contributed by atoms with Gasteiger partial charge >= 0.3 is 0 Å². The molecule has 0 bridgehead atoms. The number of halogens is 3. The van der Waals surface area contributed by atoms with E-state index in [0.717, 1.165) is 18.6 Å². The Morgan fingerprint density at radius 2 is 2.08 bits per heavy atom. The molecule has 0 aromatic heterocycles. The maximum Gasteiger partial charge on any atom is 0.246 e. The molecule has 2 unspecified atom stereocenters. The Hall–Kier alpha value is -0.930. The van der Waals surface area contributed by atoms with E-state index >= 15 is 0 Å². The van der Waals surface area contributed by atoms with E-state index in [1.807, 2.05) is 0 Å². The van der Waals surface area contributed by atoms with Gasteiger partial charge in [0.2, 0.25) is 15.9 Å². The zero-order valence-corrected chi connectivity index (χ0v) is 16.3. The van der Waals surface area contributed by atoms with Gasteiger partial charge in [-0.3, -0.25) is 4.79 Å². The van der Waals surface area contributed by atoms with Crippen LogP contribution in [0.2, 0.25) is 5.02 Å². The van der Waals surface area contributed by atoms with Gasteiger partial charge in [-0.05, 0) is 25.8 Å². The van der Waals surface area contributed by atoms with Crippen molar-refractivity contribution in [2.75, 3.05) is 11.9 Å². The number of nitrogens with zero attached hydrogens (tertiary/aromatic N) is 1. The predicted octanol–water partition coefficient (Wildman–Crippen LogP) is 2.75. The topological polar surface area (TPSA) is 92.5 Å². The molecule has 2 atom stereocenters. The first-order valence-electron chi connectivity index (χ1n) is 7.68. The van der Waals surface area contributed by atoms with Gasteiger partial charge in [0.15, 0.2) is 0 Å². The van der Waals surface area contributed by atoms with Crippen LogP contribution in [0.4, 0.5) is 10.1 Å². The molecule has 1 aromatic carbocycles. The van der Waals surface area contributed by atoms with E-state index in [0.29, 0.717) is 19.4 Å². The van der Waals surface area contributed by atoms with Crippen LogP contribution >= 0.6 is 24.0 Å². The summed E-state index contributed by atoms with van der Waals surface area (Å²) in [6, 6.07) is 1.21. The molecule has 0 spiro atoms. The van der Waals surface area contributed by atoms with Gasteiger partial charge in [0.1, 0.15) is 10.7 Å². The average Bonchev–Trinajstić information content (AvgIpc) is 2.49. The summed E-state index contributed by atoms with van der Waals surface area (Å²) in [6.45, 7) is 3.28. The highest BCUT2D eigenvalue weighted by Crippen LogP contribution is 2.32. The molecule has 0 radical (unpaired) electrons. The van der Waals surface area contributed by atoms with Crippen molar-refractivity contribution < 1.29 is 17.6 Å². The number of hydrogen-bond acceptors (Lipinski definition) is 4. The number of sulfonamides is 1. The zero-order chi connectivity index (χ0) is 18.1. The lowest BCUT2D eigenvalue weighted by molar-refractivity contribution is -0.114. The molecule has 1 saturated heterocycles. The molecule has 0 saturated carbocycles. The molecule has 3 N–H and O–H groups in total. The Morgan fingerprint density at radius 1 is 1.44 bits per heavy atom. The number of rotatable bonds is 4. The van der Waals surface area contributed by atoms with Crippen molar-refractivity contribution in [2.45, 2.75) is 50.1 Å². The van der Waals surface area contributed by atoms with Crippen molar-refractivity contribution in [3.05, 3.63) is 23.0 Å². The minimum Gasteiger partial charge on any atom is -0.326 e. The lowest BCUT2D eigenvalue weighted by Crippen LogP contribution is -2.51. The van der Waals surface area contributed by atoms with Crippen molar-refractivity contribution in [1.82, 2.24) is 4.31 Å². The van der Waals surface area contributed by atoms with Crippen LogP contribution in [0, 0.1) is 5.82 Å². The first-order chi connectivity index (χ1) is 11.1. The Labute approximate surface area is 158 Å². The summed E-state index contributed by atoms with van der Waals surface area (Å²) >= 11 is 6.00. The highest BCUT2D eigenvalue weighted by atomic mass is 35.5. The number of piperidine rings is 1. The quantitative estimate of drug-likeness (QED) is 0.793. The van der Waals surface area contributed by atoms with Crippen molar-refractivity contribution in [1.29, 1.82) is 0 Å². The molecule has 1 heterocycles. The van der Waals surface area contributed by atoms with E-state index in [-0.39, 0.29) is 35.2 Å². The third kappa shape index (κ3) is 4.83. The molecule has 1 aliphatic rings. The molecule has 25 heavy (non-hydrogen) atoms. The van der Waals surface area contributed by atoms with Crippen molar-refractivity contribution in [3.8, 4) is 0 Å². The van der Waals surface area contributed by atoms with Gasteiger partial charge in [-0.15, -0.1) is 12.4 Å². The van der Waals surface area contributed by atoms with Crippen LogP contribution in [0.5, 0.6) is 0 Å². The number of nitrogens with two attached hydrogens (primary N) is 1. The number of carbonyl (C=O) groups excluding carboxylic acids is 1. The van der Waals surface area contributed by atoms with Crippen LogP contribution in [0.15, 0.2) is 17.0 Å². The second kappa shape index (κ2) is 8.64. The van der Waals surface area contributed by atoms with Gasteiger partial charge in [-0.25, -0.2) is 12.8 Å². The van der Waals surface area contributed by atoms with Crippen LogP contribution in [-0.2, 0) is 14.8 Å². The van der Waals surface area contributed by atoms with Crippen molar-refractivity contribution >= 4 is 45.6 Å². The maximum absolute atomic E-state index is 14.4. The van der Waals surface area contributed by atoms with Crippen LogP contribution in [0.1, 0.15) is 33.1 Å². The summed E-state index contributed by atoms with van der Waals surface area (Å²) in [7, 11) is -4.07. The van der Waals surface area contributed by atoms with Crippen molar-refractivity contribution in [2.24, 2.45) is 5.73 Å². The third-order valence-electron chi connectivity index (χ3n) is 4.02. The van der Waals surface area contributed by atoms with E-state index in [1.54, 1.807) is 6.92 Å². The Balaban J connectivity index is 0.00000312. The summed E-state index contributed by atoms with van der Waals surface area (Å²) in [4.78, 5) is 10.6. The number of nitrogens with one attached hydrogen (secondary N) is 1. The van der Waals surface area contributed by atoms with Crippen LogP contribution in [0.3, 0.4) is 0 Å². The number of carbonyl (C=O) groups is 1. The first-order valence-corrected chi connectivity index (χ1v) is 9.50.